The zero-order valence-electron chi connectivity index (χ0n) is 11.8. The van der Waals surface area contributed by atoms with Gasteiger partial charge in [-0.2, -0.15) is 0 Å². The highest BCUT2D eigenvalue weighted by Crippen LogP contribution is 2.37. The first-order valence-corrected chi connectivity index (χ1v) is 7.58. The minimum atomic E-state index is -2.33. The van der Waals surface area contributed by atoms with Gasteiger partial charge in [-0.15, -0.1) is 0 Å². The standard InChI is InChI=1S/C13H11Cl3N2O5/c1-2-17-8(19)6-12(10(17)21,11(22)23)18-5-3-4-7(18)9(20)13(14,15)16/h3-5H,2,6H2,1H3,(H,22,23)/t12-/m1/s1. The lowest BCUT2D eigenvalue weighted by Gasteiger charge is -2.26. The van der Waals surface area contributed by atoms with Crippen LogP contribution in [0.5, 0.6) is 0 Å². The summed E-state index contributed by atoms with van der Waals surface area (Å²) in [5.41, 5.74) is -2.55. The number of likely N-dealkylation sites (tertiary alicyclic amines) is 1. The number of Topliss-reactive ketones (excluding diaryl/α,β-unsaturated/α-hetero) is 1. The third-order valence-electron chi connectivity index (χ3n) is 3.63. The molecule has 1 aliphatic rings. The van der Waals surface area contributed by atoms with Gasteiger partial charge in [0.15, 0.2) is 0 Å². The number of rotatable bonds is 4. The number of likely N-dealkylation sites (N-methyl/N-ethyl adjacent to an activating group) is 1. The summed E-state index contributed by atoms with van der Waals surface area (Å²) >= 11 is 16.7. The first-order chi connectivity index (χ1) is 10.6. The normalized spacial score (nSPS) is 21.8. The summed E-state index contributed by atoms with van der Waals surface area (Å²) in [5.74, 6) is -4.15. The highest BCUT2D eigenvalue weighted by atomic mass is 35.6. The summed E-state index contributed by atoms with van der Waals surface area (Å²) in [6.45, 7) is 1.55. The van der Waals surface area contributed by atoms with Gasteiger partial charge in [-0.3, -0.25) is 19.3 Å². The molecule has 0 aliphatic carbocycles. The van der Waals surface area contributed by atoms with Crippen LogP contribution in [0.15, 0.2) is 18.3 Å². The number of aliphatic carboxylic acids is 1. The van der Waals surface area contributed by atoms with Crippen molar-refractivity contribution in [3.05, 3.63) is 24.0 Å². The van der Waals surface area contributed by atoms with E-state index >= 15 is 0 Å². The molecule has 1 saturated heterocycles. The van der Waals surface area contributed by atoms with Gasteiger partial charge in [0.25, 0.3) is 9.70 Å². The molecular weight excluding hydrogens is 371 g/mol. The predicted octanol–water partition coefficient (Wildman–Crippen LogP) is 1.60. The number of amides is 2. The van der Waals surface area contributed by atoms with Crippen LogP contribution >= 0.6 is 34.8 Å². The first-order valence-electron chi connectivity index (χ1n) is 6.45. The lowest BCUT2D eigenvalue weighted by atomic mass is 9.96. The van der Waals surface area contributed by atoms with Crippen LogP contribution in [-0.4, -0.2) is 48.5 Å². The number of carbonyl (C=O) groups excluding carboxylic acids is 3. The van der Waals surface area contributed by atoms with E-state index in [9.17, 15) is 24.3 Å². The van der Waals surface area contributed by atoms with Crippen LogP contribution in [0.25, 0.3) is 0 Å². The SMILES string of the molecule is CCN1C(=O)C[C@@](C(=O)O)(n2cccc2C(=O)C(Cl)(Cl)Cl)C1=O. The molecule has 1 aromatic heterocycles. The second-order valence-corrected chi connectivity index (χ2v) is 7.16. The molecule has 2 heterocycles. The van der Waals surface area contributed by atoms with Crippen molar-refractivity contribution in [2.24, 2.45) is 0 Å². The second kappa shape index (κ2) is 5.81. The Kier molecular flexibility index (Phi) is 4.49. The molecule has 0 aromatic carbocycles. The molecule has 23 heavy (non-hydrogen) atoms. The fourth-order valence-corrected chi connectivity index (χ4v) is 2.84. The van der Waals surface area contributed by atoms with Crippen LogP contribution < -0.4 is 0 Å². The van der Waals surface area contributed by atoms with Crippen LogP contribution in [0, 0.1) is 0 Å². The summed E-state index contributed by atoms with van der Waals surface area (Å²) in [4.78, 5) is 49.3. The largest absolute Gasteiger partial charge is 0.479 e. The van der Waals surface area contributed by atoms with E-state index in [-0.39, 0.29) is 12.2 Å². The lowest BCUT2D eigenvalue weighted by Crippen LogP contribution is -2.50. The third kappa shape index (κ3) is 2.62. The first kappa shape index (κ1) is 17.8. The molecule has 1 fully saturated rings. The second-order valence-electron chi connectivity index (χ2n) is 4.88. The average molecular weight is 382 g/mol. The highest BCUT2D eigenvalue weighted by molar-refractivity contribution is 6.77. The van der Waals surface area contributed by atoms with Gasteiger partial charge in [0.2, 0.25) is 17.2 Å². The van der Waals surface area contributed by atoms with Gasteiger partial charge in [-0.25, -0.2) is 4.79 Å². The Morgan fingerprint density at radius 3 is 2.39 bits per heavy atom. The minimum absolute atomic E-state index is 0.0156. The van der Waals surface area contributed by atoms with Crippen molar-refractivity contribution >= 4 is 58.4 Å². The molecule has 1 N–H and O–H groups in total. The number of imide groups is 1. The summed E-state index contributed by atoms with van der Waals surface area (Å²) in [6, 6.07) is 2.56. The molecule has 0 unspecified atom stereocenters. The van der Waals surface area contributed by atoms with Crippen molar-refractivity contribution in [2.45, 2.75) is 22.7 Å². The van der Waals surface area contributed by atoms with Crippen LogP contribution in [0.3, 0.4) is 0 Å². The number of carboxylic acid groups (broad SMARTS) is 1. The van der Waals surface area contributed by atoms with Gasteiger partial charge >= 0.3 is 5.97 Å². The fraction of sp³-hybridized carbons (Fsp3) is 0.385. The predicted molar refractivity (Wildman–Crippen MR) is 81.7 cm³/mol. The molecule has 0 bridgehead atoms. The van der Waals surface area contributed by atoms with Crippen LogP contribution in [-0.2, 0) is 19.9 Å². The minimum Gasteiger partial charge on any atom is -0.479 e. The number of alkyl halides is 3. The maximum Gasteiger partial charge on any atom is 0.340 e. The van der Waals surface area contributed by atoms with E-state index < -0.39 is 39.3 Å². The van der Waals surface area contributed by atoms with E-state index in [4.69, 9.17) is 34.8 Å². The topological polar surface area (TPSA) is 96.7 Å². The Morgan fingerprint density at radius 2 is 1.96 bits per heavy atom. The smallest absolute Gasteiger partial charge is 0.340 e. The molecule has 7 nitrogen and oxygen atoms in total. The monoisotopic (exact) mass is 380 g/mol. The number of halogens is 3. The van der Waals surface area contributed by atoms with Crippen LogP contribution in [0.4, 0.5) is 0 Å². The molecule has 1 aromatic rings. The maximum absolute atomic E-state index is 12.5. The molecule has 1 atom stereocenters. The number of hydrogen-bond acceptors (Lipinski definition) is 4. The molecule has 0 radical (unpaired) electrons. The van der Waals surface area contributed by atoms with Crippen LogP contribution in [0.1, 0.15) is 23.8 Å². The molecule has 1 aliphatic heterocycles. The molecule has 0 saturated carbocycles. The van der Waals surface area contributed by atoms with Crippen molar-refractivity contribution in [1.29, 1.82) is 0 Å². The summed E-state index contributed by atoms with van der Waals surface area (Å²) in [7, 11) is 0. The summed E-state index contributed by atoms with van der Waals surface area (Å²) in [5, 5.41) is 9.62. The molecule has 2 amide bonds. The third-order valence-corrected chi connectivity index (χ3v) is 4.14. The fourth-order valence-electron chi connectivity index (χ4n) is 2.55. The number of aromatic nitrogens is 1. The quantitative estimate of drug-likeness (QED) is 0.370. The van der Waals surface area contributed by atoms with Crippen molar-refractivity contribution in [2.75, 3.05) is 6.54 Å². The van der Waals surface area contributed by atoms with Crippen molar-refractivity contribution in [3.63, 3.8) is 0 Å². The van der Waals surface area contributed by atoms with Crippen LogP contribution in [0.2, 0.25) is 0 Å². The number of carboxylic acids is 1. The van der Waals surface area contributed by atoms with Crippen molar-refractivity contribution < 1.29 is 24.3 Å². The van der Waals surface area contributed by atoms with E-state index in [2.05, 4.69) is 0 Å². The number of ketones is 1. The van der Waals surface area contributed by atoms with Gasteiger partial charge in [0.1, 0.15) is 0 Å². The lowest BCUT2D eigenvalue weighted by molar-refractivity contribution is -0.154. The number of nitrogens with zero attached hydrogens (tertiary/aromatic N) is 2. The summed E-state index contributed by atoms with van der Waals surface area (Å²) in [6.07, 6.45) is 0.575. The van der Waals surface area contributed by atoms with Gasteiger partial charge in [-0.05, 0) is 19.1 Å². The zero-order chi connectivity index (χ0) is 17.6. The Morgan fingerprint density at radius 1 is 1.35 bits per heavy atom. The van der Waals surface area contributed by atoms with E-state index in [0.717, 1.165) is 9.47 Å². The maximum atomic E-state index is 12.5. The van der Waals surface area contributed by atoms with Gasteiger partial charge in [0.05, 0.1) is 12.1 Å². The molecule has 10 heteroatoms. The Hall–Kier alpha value is -1.57. The Labute approximate surface area is 145 Å². The summed E-state index contributed by atoms with van der Waals surface area (Å²) < 4.78 is -1.44. The number of carbonyl (C=O) groups is 4. The van der Waals surface area contributed by atoms with Crippen molar-refractivity contribution in [1.82, 2.24) is 9.47 Å². The molecule has 2 rings (SSSR count). The van der Waals surface area contributed by atoms with E-state index in [1.54, 1.807) is 0 Å². The molecular formula is C13H11Cl3N2O5. The van der Waals surface area contributed by atoms with Gasteiger partial charge in [0, 0.05) is 12.7 Å². The van der Waals surface area contributed by atoms with E-state index in [0.29, 0.717) is 0 Å². The number of hydrogen-bond donors (Lipinski definition) is 1. The van der Waals surface area contributed by atoms with E-state index in [1.807, 2.05) is 0 Å². The highest BCUT2D eigenvalue weighted by Gasteiger charge is 2.59. The van der Waals surface area contributed by atoms with Crippen molar-refractivity contribution in [3.8, 4) is 0 Å². The average Bonchev–Trinajstić information content (AvgIpc) is 3.00. The Balaban J connectivity index is 2.66. The van der Waals surface area contributed by atoms with Gasteiger partial charge in [-0.1, -0.05) is 34.8 Å². The Bertz CT molecular complexity index is 709. The van der Waals surface area contributed by atoms with E-state index in [1.165, 1.54) is 25.3 Å². The zero-order valence-corrected chi connectivity index (χ0v) is 14.0. The van der Waals surface area contributed by atoms with Gasteiger partial charge < -0.3 is 9.67 Å². The molecule has 124 valence electrons. The molecule has 0 spiro atoms.